The molecule has 1 atom stereocenters. The van der Waals surface area contributed by atoms with Gasteiger partial charge >= 0.3 is 5.97 Å². The highest BCUT2D eigenvalue weighted by Gasteiger charge is 2.19. The van der Waals surface area contributed by atoms with Gasteiger partial charge in [0.2, 0.25) is 0 Å². The normalized spacial score (nSPS) is 12.3. The second-order valence-electron chi connectivity index (χ2n) is 10.4. The Hall–Kier alpha value is -2.39. The van der Waals surface area contributed by atoms with E-state index in [4.69, 9.17) is 51.6 Å². The minimum atomic E-state index is -0.524. The molecule has 3 rings (SSSR count). The topological polar surface area (TPSA) is 94.5 Å². The summed E-state index contributed by atoms with van der Waals surface area (Å²) in [5.41, 5.74) is 15.5. The lowest BCUT2D eigenvalue weighted by molar-refractivity contribution is -0.155. The molecular formula is C28H34Cl2N4O2S2. The summed E-state index contributed by atoms with van der Waals surface area (Å²) in [4.78, 5) is 19.7. The van der Waals surface area contributed by atoms with Crippen LogP contribution in [0.2, 0.25) is 10.0 Å². The SMILES string of the molecule is CC(Cc1cccc(CN(CCC(=O)OC(C)(C)C)C(N)=S)c1)Cc1sc(N)nc1-c1ccc(Cl)c(Cl)c1. The Balaban J connectivity index is 1.65. The van der Waals surface area contributed by atoms with Crippen molar-refractivity contribution in [1.29, 1.82) is 0 Å². The number of nitrogens with zero attached hydrogens (tertiary/aromatic N) is 2. The van der Waals surface area contributed by atoms with Crippen molar-refractivity contribution in [3.63, 3.8) is 0 Å². The summed E-state index contributed by atoms with van der Waals surface area (Å²) in [7, 11) is 0. The molecule has 0 aliphatic carbocycles. The van der Waals surface area contributed by atoms with Gasteiger partial charge in [-0.1, -0.05) is 60.5 Å². The van der Waals surface area contributed by atoms with Gasteiger partial charge in [-0.15, -0.1) is 11.3 Å². The maximum atomic E-state index is 12.2. The number of nitrogens with two attached hydrogens (primary N) is 2. The number of thiocarbonyl (C=S) groups is 1. The van der Waals surface area contributed by atoms with Gasteiger partial charge in [-0.05, 0) is 75.0 Å². The van der Waals surface area contributed by atoms with E-state index in [0.29, 0.717) is 34.2 Å². The van der Waals surface area contributed by atoms with Crippen LogP contribution in [0.25, 0.3) is 11.3 Å². The van der Waals surface area contributed by atoms with Gasteiger partial charge in [-0.3, -0.25) is 4.79 Å². The number of hydrogen-bond acceptors (Lipinski definition) is 6. The van der Waals surface area contributed by atoms with Crippen LogP contribution in [0, 0.1) is 5.92 Å². The van der Waals surface area contributed by atoms with E-state index >= 15 is 0 Å². The molecule has 0 aliphatic heterocycles. The minimum Gasteiger partial charge on any atom is -0.460 e. The molecule has 204 valence electrons. The summed E-state index contributed by atoms with van der Waals surface area (Å²) < 4.78 is 5.41. The van der Waals surface area contributed by atoms with E-state index in [1.165, 1.54) is 16.9 Å². The molecule has 0 spiro atoms. The third-order valence-corrected chi connectivity index (χ3v) is 7.61. The van der Waals surface area contributed by atoms with E-state index < -0.39 is 5.60 Å². The Labute approximate surface area is 244 Å². The van der Waals surface area contributed by atoms with Gasteiger partial charge in [-0.2, -0.15) is 0 Å². The fraction of sp³-hybridized carbons (Fsp3) is 0.393. The molecule has 38 heavy (non-hydrogen) atoms. The number of carbonyl (C=O) groups excluding carboxylic acids is 1. The van der Waals surface area contributed by atoms with Crippen molar-refractivity contribution in [2.24, 2.45) is 11.7 Å². The quantitative estimate of drug-likeness (QED) is 0.195. The summed E-state index contributed by atoms with van der Waals surface area (Å²) in [6.07, 6.45) is 1.91. The van der Waals surface area contributed by atoms with Gasteiger partial charge in [0, 0.05) is 23.5 Å². The first-order valence-corrected chi connectivity index (χ1v) is 14.3. The number of rotatable bonds is 10. The molecule has 10 heteroatoms. The molecule has 0 radical (unpaired) electrons. The van der Waals surface area contributed by atoms with E-state index in [1.54, 1.807) is 6.07 Å². The van der Waals surface area contributed by atoms with Gasteiger partial charge in [0.05, 0.1) is 22.2 Å². The Bertz CT molecular complexity index is 1290. The highest BCUT2D eigenvalue weighted by molar-refractivity contribution is 7.80. The van der Waals surface area contributed by atoms with Crippen LogP contribution in [0.1, 0.15) is 50.1 Å². The predicted octanol–water partition coefficient (Wildman–Crippen LogP) is 6.90. The summed E-state index contributed by atoms with van der Waals surface area (Å²) in [6.45, 7) is 8.67. The van der Waals surface area contributed by atoms with Crippen LogP contribution in [0.4, 0.5) is 5.13 Å². The average Bonchev–Trinajstić information content (AvgIpc) is 3.17. The second kappa shape index (κ2) is 13.1. The van der Waals surface area contributed by atoms with E-state index in [1.807, 2.05) is 49.9 Å². The van der Waals surface area contributed by atoms with Crippen molar-refractivity contribution < 1.29 is 9.53 Å². The number of thiazole rings is 1. The Morgan fingerprint density at radius 2 is 1.84 bits per heavy atom. The Morgan fingerprint density at radius 3 is 2.50 bits per heavy atom. The smallest absolute Gasteiger partial charge is 0.308 e. The molecule has 0 bridgehead atoms. The van der Waals surface area contributed by atoms with Crippen molar-refractivity contribution in [3.05, 3.63) is 68.5 Å². The third kappa shape index (κ3) is 9.12. The predicted molar refractivity (Wildman–Crippen MR) is 163 cm³/mol. The summed E-state index contributed by atoms with van der Waals surface area (Å²) in [6, 6.07) is 13.9. The van der Waals surface area contributed by atoms with E-state index in [0.717, 1.165) is 34.5 Å². The van der Waals surface area contributed by atoms with Crippen molar-refractivity contribution in [3.8, 4) is 11.3 Å². The Morgan fingerprint density at radius 1 is 1.13 bits per heavy atom. The van der Waals surface area contributed by atoms with E-state index in [2.05, 4.69) is 24.0 Å². The monoisotopic (exact) mass is 592 g/mol. The number of hydrogen-bond donors (Lipinski definition) is 2. The molecule has 0 saturated heterocycles. The number of anilines is 1. The number of esters is 1. The maximum absolute atomic E-state index is 12.2. The summed E-state index contributed by atoms with van der Waals surface area (Å²) >= 11 is 19.1. The zero-order chi connectivity index (χ0) is 28.0. The maximum Gasteiger partial charge on any atom is 0.308 e. The number of halogens is 2. The number of carbonyl (C=O) groups is 1. The highest BCUT2D eigenvalue weighted by Crippen LogP contribution is 2.35. The van der Waals surface area contributed by atoms with Crippen LogP contribution < -0.4 is 11.5 Å². The van der Waals surface area contributed by atoms with Crippen LogP contribution in [-0.4, -0.2) is 33.1 Å². The zero-order valence-electron chi connectivity index (χ0n) is 22.1. The van der Waals surface area contributed by atoms with Gasteiger partial charge in [0.25, 0.3) is 0 Å². The van der Waals surface area contributed by atoms with Gasteiger partial charge < -0.3 is 21.1 Å². The fourth-order valence-electron chi connectivity index (χ4n) is 4.13. The lowest BCUT2D eigenvalue weighted by Gasteiger charge is -2.24. The molecule has 0 fully saturated rings. The molecule has 1 aromatic heterocycles. The molecular weight excluding hydrogens is 559 g/mol. The van der Waals surface area contributed by atoms with Crippen LogP contribution in [-0.2, 0) is 28.9 Å². The van der Waals surface area contributed by atoms with E-state index in [-0.39, 0.29) is 17.5 Å². The first kappa shape index (κ1) is 30.2. The first-order chi connectivity index (χ1) is 17.8. The molecule has 0 saturated carbocycles. The largest absolute Gasteiger partial charge is 0.460 e. The van der Waals surface area contributed by atoms with Crippen LogP contribution in [0.5, 0.6) is 0 Å². The number of ether oxygens (including phenoxy) is 1. The highest BCUT2D eigenvalue weighted by atomic mass is 35.5. The van der Waals surface area contributed by atoms with Crippen molar-refractivity contribution in [1.82, 2.24) is 9.88 Å². The fourth-order valence-corrected chi connectivity index (χ4v) is 5.60. The standard InChI is InChI=1S/C28H34Cl2N4O2S2/c1-17(13-23-25(33-26(31)38-23)20-8-9-21(29)22(30)15-20)12-18-6-5-7-19(14-18)16-34(27(32)37)11-10-24(35)36-28(2,3)4/h5-9,14-15,17H,10-13,16H2,1-4H3,(H2,31,33)(H2,32,37). The second-order valence-corrected chi connectivity index (χ2v) is 12.7. The lowest BCUT2D eigenvalue weighted by Crippen LogP contribution is -2.37. The molecule has 0 amide bonds. The number of benzene rings is 2. The summed E-state index contributed by atoms with van der Waals surface area (Å²) in [5, 5.41) is 1.78. The molecule has 1 unspecified atom stereocenters. The zero-order valence-corrected chi connectivity index (χ0v) is 25.2. The molecule has 3 aromatic rings. The lowest BCUT2D eigenvalue weighted by atomic mass is 9.95. The minimum absolute atomic E-state index is 0.213. The van der Waals surface area contributed by atoms with Crippen LogP contribution in [0.3, 0.4) is 0 Å². The number of aromatic nitrogens is 1. The molecule has 0 aliphatic rings. The van der Waals surface area contributed by atoms with E-state index in [9.17, 15) is 4.79 Å². The van der Waals surface area contributed by atoms with Crippen LogP contribution >= 0.6 is 46.8 Å². The van der Waals surface area contributed by atoms with Gasteiger partial charge in [-0.25, -0.2) is 4.98 Å². The van der Waals surface area contributed by atoms with Gasteiger partial charge in [0.15, 0.2) is 10.2 Å². The molecule has 6 nitrogen and oxygen atoms in total. The van der Waals surface area contributed by atoms with Gasteiger partial charge in [0.1, 0.15) is 5.60 Å². The third-order valence-electron chi connectivity index (χ3n) is 5.71. The molecule has 2 aromatic carbocycles. The summed E-state index contributed by atoms with van der Waals surface area (Å²) in [5.74, 6) is 0.0655. The van der Waals surface area contributed by atoms with Crippen molar-refractivity contribution in [2.45, 2.75) is 59.1 Å². The van der Waals surface area contributed by atoms with Crippen LogP contribution in [0.15, 0.2) is 42.5 Å². The van der Waals surface area contributed by atoms with Crippen molar-refractivity contribution in [2.75, 3.05) is 12.3 Å². The molecule has 1 heterocycles. The number of nitrogen functional groups attached to an aromatic ring is 1. The Kier molecular flexibility index (Phi) is 10.4. The molecule has 4 N–H and O–H groups in total. The first-order valence-electron chi connectivity index (χ1n) is 12.4. The van der Waals surface area contributed by atoms with Crippen molar-refractivity contribution >= 4 is 63.0 Å². The average molecular weight is 594 g/mol.